The molecule has 0 saturated carbocycles. The second-order valence-electron chi connectivity index (χ2n) is 3.73. The Hall–Kier alpha value is -1.90. The molecule has 1 heterocycles. The molecule has 0 spiro atoms. The Kier molecular flexibility index (Phi) is 1.88. The standard InChI is InChI=1S/C12H11N3/c1-2-4-9(5-3-1)10-6-7-11-12(8-10)14-15-13-11/h1-4,6-9H,5H2,(H,13,14,15). The third-order valence-electron chi connectivity index (χ3n) is 2.75. The number of nitrogens with zero attached hydrogens (tertiary/aromatic N) is 2. The summed E-state index contributed by atoms with van der Waals surface area (Å²) in [4.78, 5) is 0. The molecule has 2 aromatic rings. The first-order valence-electron chi connectivity index (χ1n) is 5.07. The van der Waals surface area contributed by atoms with Crippen molar-refractivity contribution in [1.82, 2.24) is 15.4 Å². The summed E-state index contributed by atoms with van der Waals surface area (Å²) in [6.07, 6.45) is 9.67. The van der Waals surface area contributed by atoms with Gasteiger partial charge in [0.2, 0.25) is 0 Å². The highest BCUT2D eigenvalue weighted by Gasteiger charge is 2.09. The molecule has 1 aliphatic rings. The molecule has 15 heavy (non-hydrogen) atoms. The fraction of sp³-hybridized carbons (Fsp3) is 0.167. The molecule has 74 valence electrons. The molecule has 1 aromatic carbocycles. The van der Waals surface area contributed by atoms with Crippen molar-refractivity contribution in [3.05, 3.63) is 48.1 Å². The maximum Gasteiger partial charge on any atom is 0.113 e. The molecular formula is C12H11N3. The van der Waals surface area contributed by atoms with Crippen LogP contribution < -0.4 is 0 Å². The van der Waals surface area contributed by atoms with Crippen molar-refractivity contribution in [3.63, 3.8) is 0 Å². The molecule has 1 atom stereocenters. The molecule has 1 aliphatic carbocycles. The maximum atomic E-state index is 4.10. The van der Waals surface area contributed by atoms with Crippen molar-refractivity contribution < 1.29 is 0 Å². The Labute approximate surface area is 87.5 Å². The van der Waals surface area contributed by atoms with Crippen molar-refractivity contribution in [2.45, 2.75) is 12.3 Å². The van der Waals surface area contributed by atoms with Crippen LogP contribution in [0.25, 0.3) is 11.0 Å². The summed E-state index contributed by atoms with van der Waals surface area (Å²) in [6, 6.07) is 6.24. The van der Waals surface area contributed by atoms with Crippen LogP contribution in [0.4, 0.5) is 0 Å². The Balaban J connectivity index is 2.03. The number of rotatable bonds is 1. The van der Waals surface area contributed by atoms with E-state index in [0.29, 0.717) is 5.92 Å². The van der Waals surface area contributed by atoms with Crippen LogP contribution >= 0.6 is 0 Å². The minimum absolute atomic E-state index is 0.482. The highest BCUT2D eigenvalue weighted by Crippen LogP contribution is 2.26. The van der Waals surface area contributed by atoms with E-state index >= 15 is 0 Å². The number of hydrogen-bond acceptors (Lipinski definition) is 2. The van der Waals surface area contributed by atoms with Crippen molar-refractivity contribution in [2.75, 3.05) is 0 Å². The van der Waals surface area contributed by atoms with E-state index in [0.717, 1.165) is 17.5 Å². The van der Waals surface area contributed by atoms with Crippen LogP contribution in [0, 0.1) is 0 Å². The van der Waals surface area contributed by atoms with Gasteiger partial charge in [0, 0.05) is 5.92 Å². The van der Waals surface area contributed by atoms with Crippen molar-refractivity contribution in [1.29, 1.82) is 0 Å². The zero-order valence-electron chi connectivity index (χ0n) is 8.22. The summed E-state index contributed by atoms with van der Waals surface area (Å²) in [5, 5.41) is 10.8. The predicted octanol–water partition coefficient (Wildman–Crippen LogP) is 2.56. The van der Waals surface area contributed by atoms with Crippen LogP contribution in [0.15, 0.2) is 42.5 Å². The van der Waals surface area contributed by atoms with Gasteiger partial charge in [-0.05, 0) is 24.1 Å². The van der Waals surface area contributed by atoms with Crippen molar-refractivity contribution >= 4 is 11.0 Å². The molecule has 3 rings (SSSR count). The molecule has 0 bridgehead atoms. The Bertz CT molecular complexity index is 537. The van der Waals surface area contributed by atoms with Gasteiger partial charge in [0.25, 0.3) is 0 Å². The van der Waals surface area contributed by atoms with Gasteiger partial charge in [0.15, 0.2) is 0 Å². The van der Waals surface area contributed by atoms with Gasteiger partial charge < -0.3 is 0 Å². The zero-order valence-corrected chi connectivity index (χ0v) is 8.22. The molecule has 0 saturated heterocycles. The molecule has 0 fully saturated rings. The van der Waals surface area contributed by atoms with Crippen LogP contribution in [-0.2, 0) is 0 Å². The lowest BCUT2D eigenvalue weighted by atomic mass is 9.92. The molecule has 1 N–H and O–H groups in total. The molecule has 0 amide bonds. The second kappa shape index (κ2) is 3.35. The van der Waals surface area contributed by atoms with Gasteiger partial charge in [0.1, 0.15) is 11.0 Å². The number of aromatic amines is 1. The van der Waals surface area contributed by atoms with Crippen molar-refractivity contribution in [2.24, 2.45) is 0 Å². The van der Waals surface area contributed by atoms with E-state index in [1.54, 1.807) is 0 Å². The Morgan fingerprint density at radius 3 is 2.93 bits per heavy atom. The summed E-state index contributed by atoms with van der Waals surface area (Å²) in [7, 11) is 0. The number of aromatic nitrogens is 3. The topological polar surface area (TPSA) is 41.6 Å². The molecule has 0 aliphatic heterocycles. The number of H-pyrrole nitrogens is 1. The molecular weight excluding hydrogens is 186 g/mol. The zero-order chi connectivity index (χ0) is 10.1. The fourth-order valence-corrected chi connectivity index (χ4v) is 1.92. The van der Waals surface area contributed by atoms with Gasteiger partial charge in [0.05, 0.1) is 0 Å². The van der Waals surface area contributed by atoms with Crippen LogP contribution in [-0.4, -0.2) is 15.4 Å². The Morgan fingerprint density at radius 1 is 1.13 bits per heavy atom. The van der Waals surface area contributed by atoms with E-state index in [4.69, 9.17) is 0 Å². The SMILES string of the molecule is C1=CCC(c2ccc3n[nH]nc3c2)C=C1. The van der Waals surface area contributed by atoms with Crippen LogP contribution in [0.1, 0.15) is 17.9 Å². The molecule has 3 heteroatoms. The largest absolute Gasteiger partial charge is 0.197 e. The first-order chi connectivity index (χ1) is 7.43. The predicted molar refractivity (Wildman–Crippen MR) is 59.5 cm³/mol. The minimum Gasteiger partial charge on any atom is -0.197 e. The first-order valence-corrected chi connectivity index (χ1v) is 5.07. The van der Waals surface area contributed by atoms with Crippen LogP contribution in [0.2, 0.25) is 0 Å². The van der Waals surface area contributed by atoms with Gasteiger partial charge >= 0.3 is 0 Å². The van der Waals surface area contributed by atoms with Gasteiger partial charge in [-0.25, -0.2) is 0 Å². The summed E-state index contributed by atoms with van der Waals surface area (Å²) in [5.41, 5.74) is 3.17. The summed E-state index contributed by atoms with van der Waals surface area (Å²) >= 11 is 0. The molecule has 0 radical (unpaired) electrons. The Morgan fingerprint density at radius 2 is 2.07 bits per heavy atom. The number of nitrogens with one attached hydrogen (secondary N) is 1. The monoisotopic (exact) mass is 197 g/mol. The van der Waals surface area contributed by atoms with Gasteiger partial charge in [-0.3, -0.25) is 0 Å². The average molecular weight is 197 g/mol. The first kappa shape index (κ1) is 8.41. The second-order valence-corrected chi connectivity index (χ2v) is 3.73. The third-order valence-corrected chi connectivity index (χ3v) is 2.75. The van der Waals surface area contributed by atoms with E-state index in [9.17, 15) is 0 Å². The third kappa shape index (κ3) is 1.46. The van der Waals surface area contributed by atoms with Gasteiger partial charge in [-0.15, -0.1) is 0 Å². The van der Waals surface area contributed by atoms with Crippen LogP contribution in [0.3, 0.4) is 0 Å². The smallest absolute Gasteiger partial charge is 0.113 e. The number of fused-ring (bicyclic) bond motifs is 1. The number of benzene rings is 1. The quantitative estimate of drug-likeness (QED) is 0.763. The van der Waals surface area contributed by atoms with E-state index in [2.05, 4.69) is 51.8 Å². The maximum absolute atomic E-state index is 4.10. The lowest BCUT2D eigenvalue weighted by Gasteiger charge is -2.12. The fourth-order valence-electron chi connectivity index (χ4n) is 1.92. The van der Waals surface area contributed by atoms with E-state index < -0.39 is 0 Å². The normalized spacial score (nSPS) is 19.9. The minimum atomic E-state index is 0.482. The highest BCUT2D eigenvalue weighted by molar-refractivity contribution is 5.74. The molecule has 1 aromatic heterocycles. The summed E-state index contributed by atoms with van der Waals surface area (Å²) < 4.78 is 0. The summed E-state index contributed by atoms with van der Waals surface area (Å²) in [5.74, 6) is 0.482. The van der Waals surface area contributed by atoms with Crippen LogP contribution in [0.5, 0.6) is 0 Å². The van der Waals surface area contributed by atoms with E-state index in [-0.39, 0.29) is 0 Å². The van der Waals surface area contributed by atoms with E-state index in [1.807, 2.05) is 6.07 Å². The van der Waals surface area contributed by atoms with Crippen molar-refractivity contribution in [3.8, 4) is 0 Å². The molecule has 1 unspecified atom stereocenters. The lowest BCUT2D eigenvalue weighted by molar-refractivity contribution is 0.855. The van der Waals surface area contributed by atoms with E-state index in [1.165, 1.54) is 5.56 Å². The highest BCUT2D eigenvalue weighted by atomic mass is 15.3. The number of allylic oxidation sites excluding steroid dienone is 4. The van der Waals surface area contributed by atoms with Gasteiger partial charge in [-0.2, -0.15) is 15.4 Å². The summed E-state index contributed by atoms with van der Waals surface area (Å²) in [6.45, 7) is 0. The number of hydrogen-bond donors (Lipinski definition) is 1. The lowest BCUT2D eigenvalue weighted by Crippen LogP contribution is -1.95. The molecule has 3 nitrogen and oxygen atoms in total. The van der Waals surface area contributed by atoms with Gasteiger partial charge in [-0.1, -0.05) is 30.4 Å². The average Bonchev–Trinajstić information content (AvgIpc) is 2.77.